The first kappa shape index (κ1) is 11.8. The summed E-state index contributed by atoms with van der Waals surface area (Å²) in [5.74, 6) is 1.67. The van der Waals surface area contributed by atoms with E-state index in [1.807, 2.05) is 12.3 Å². The molecule has 0 saturated heterocycles. The van der Waals surface area contributed by atoms with Crippen molar-refractivity contribution in [2.75, 3.05) is 0 Å². The summed E-state index contributed by atoms with van der Waals surface area (Å²) in [5, 5.41) is 5.90. The SMILES string of the molecule is Cc1csc2c(=O)n(Cc3nc(C4CC4)no3)cnc12. The van der Waals surface area contributed by atoms with E-state index in [0.29, 0.717) is 16.5 Å². The normalized spacial score (nSPS) is 15.1. The van der Waals surface area contributed by atoms with Crippen LogP contribution in [0.3, 0.4) is 0 Å². The smallest absolute Gasteiger partial charge is 0.271 e. The Kier molecular flexibility index (Phi) is 2.50. The highest BCUT2D eigenvalue weighted by molar-refractivity contribution is 7.17. The molecule has 0 bridgehead atoms. The van der Waals surface area contributed by atoms with Gasteiger partial charge in [0, 0.05) is 5.92 Å². The van der Waals surface area contributed by atoms with Gasteiger partial charge in [-0.15, -0.1) is 11.3 Å². The molecule has 20 heavy (non-hydrogen) atoms. The van der Waals surface area contributed by atoms with Gasteiger partial charge < -0.3 is 4.52 Å². The predicted octanol–water partition coefficient (Wildman–Crippen LogP) is 2.08. The van der Waals surface area contributed by atoms with Crippen molar-refractivity contribution in [2.24, 2.45) is 0 Å². The van der Waals surface area contributed by atoms with Gasteiger partial charge in [0.25, 0.3) is 5.56 Å². The van der Waals surface area contributed by atoms with Crippen LogP contribution in [0.25, 0.3) is 10.2 Å². The molecule has 0 aromatic carbocycles. The second-order valence-electron chi connectivity index (χ2n) is 5.09. The van der Waals surface area contributed by atoms with Crippen LogP contribution < -0.4 is 5.56 Å². The van der Waals surface area contributed by atoms with Gasteiger partial charge in [0.15, 0.2) is 5.82 Å². The van der Waals surface area contributed by atoms with Gasteiger partial charge in [-0.2, -0.15) is 4.98 Å². The zero-order chi connectivity index (χ0) is 13.7. The molecule has 0 N–H and O–H groups in total. The Morgan fingerprint density at radius 3 is 3.15 bits per heavy atom. The Balaban J connectivity index is 1.70. The zero-order valence-electron chi connectivity index (χ0n) is 10.9. The number of aryl methyl sites for hydroxylation is 1. The second-order valence-corrected chi connectivity index (χ2v) is 5.97. The van der Waals surface area contributed by atoms with Crippen LogP contribution in [-0.4, -0.2) is 19.7 Å². The van der Waals surface area contributed by atoms with E-state index >= 15 is 0 Å². The van der Waals surface area contributed by atoms with E-state index in [0.717, 1.165) is 29.7 Å². The van der Waals surface area contributed by atoms with Crippen molar-refractivity contribution in [1.82, 2.24) is 19.7 Å². The molecule has 1 saturated carbocycles. The molecule has 0 atom stereocenters. The van der Waals surface area contributed by atoms with E-state index in [2.05, 4.69) is 15.1 Å². The van der Waals surface area contributed by atoms with Crippen LogP contribution in [0.5, 0.6) is 0 Å². The van der Waals surface area contributed by atoms with Crippen LogP contribution in [-0.2, 0) is 6.54 Å². The second kappa shape index (κ2) is 4.24. The van der Waals surface area contributed by atoms with Crippen molar-refractivity contribution in [2.45, 2.75) is 32.2 Å². The van der Waals surface area contributed by atoms with Crippen LogP contribution in [0.4, 0.5) is 0 Å². The van der Waals surface area contributed by atoms with Crippen LogP contribution in [0.2, 0.25) is 0 Å². The highest BCUT2D eigenvalue weighted by Gasteiger charge is 2.28. The van der Waals surface area contributed by atoms with Gasteiger partial charge in [-0.05, 0) is 30.7 Å². The van der Waals surface area contributed by atoms with Gasteiger partial charge in [-0.25, -0.2) is 4.98 Å². The molecule has 1 fully saturated rings. The molecule has 4 rings (SSSR count). The first-order chi connectivity index (χ1) is 9.72. The summed E-state index contributed by atoms with van der Waals surface area (Å²) in [6.45, 7) is 2.23. The molecule has 7 heteroatoms. The number of fused-ring (bicyclic) bond motifs is 1. The zero-order valence-corrected chi connectivity index (χ0v) is 11.7. The standard InChI is InChI=1S/C13H12N4O2S/c1-7-5-20-11-10(7)14-6-17(13(11)18)4-9-15-12(16-19-9)8-2-3-8/h5-6,8H,2-4H2,1H3. The van der Waals surface area contributed by atoms with E-state index in [9.17, 15) is 4.79 Å². The van der Waals surface area contributed by atoms with Gasteiger partial charge in [-0.3, -0.25) is 9.36 Å². The minimum absolute atomic E-state index is 0.0562. The number of thiophene rings is 1. The Morgan fingerprint density at radius 1 is 1.50 bits per heavy atom. The summed E-state index contributed by atoms with van der Waals surface area (Å²) in [5.41, 5.74) is 1.75. The van der Waals surface area contributed by atoms with Crippen molar-refractivity contribution in [3.05, 3.63) is 39.3 Å². The summed E-state index contributed by atoms with van der Waals surface area (Å²) in [6.07, 6.45) is 3.80. The van der Waals surface area contributed by atoms with Crippen molar-refractivity contribution >= 4 is 21.6 Å². The van der Waals surface area contributed by atoms with Gasteiger partial charge in [0.1, 0.15) is 11.2 Å². The maximum atomic E-state index is 12.3. The molecule has 0 spiro atoms. The Hall–Kier alpha value is -2.02. The van der Waals surface area contributed by atoms with Crippen molar-refractivity contribution in [3.63, 3.8) is 0 Å². The third-order valence-corrected chi connectivity index (χ3v) is 4.53. The number of hydrogen-bond acceptors (Lipinski definition) is 6. The minimum Gasteiger partial charge on any atom is -0.337 e. The molecule has 0 aliphatic heterocycles. The average molecular weight is 288 g/mol. The molecule has 3 aromatic rings. The van der Waals surface area contributed by atoms with Crippen LogP contribution in [0.15, 0.2) is 21.0 Å². The van der Waals surface area contributed by atoms with Gasteiger partial charge in [0.05, 0.1) is 11.8 Å². The maximum Gasteiger partial charge on any atom is 0.271 e. The van der Waals surface area contributed by atoms with Gasteiger partial charge in [0.2, 0.25) is 5.89 Å². The summed E-state index contributed by atoms with van der Waals surface area (Å²) >= 11 is 1.42. The third kappa shape index (κ3) is 1.85. The van der Waals surface area contributed by atoms with Crippen molar-refractivity contribution in [3.8, 4) is 0 Å². The molecule has 0 radical (unpaired) electrons. The highest BCUT2D eigenvalue weighted by atomic mass is 32.1. The molecule has 3 aromatic heterocycles. The maximum absolute atomic E-state index is 12.3. The molecule has 3 heterocycles. The fourth-order valence-electron chi connectivity index (χ4n) is 2.16. The molecule has 102 valence electrons. The summed E-state index contributed by atoms with van der Waals surface area (Å²) in [4.78, 5) is 21.0. The minimum atomic E-state index is -0.0562. The fraction of sp³-hybridized carbons (Fsp3) is 0.385. The molecule has 0 amide bonds. The molecular formula is C13H12N4O2S. The van der Waals surface area contributed by atoms with Crippen molar-refractivity contribution in [1.29, 1.82) is 0 Å². The lowest BCUT2D eigenvalue weighted by Gasteiger charge is -2.01. The molecule has 6 nitrogen and oxygen atoms in total. The van der Waals surface area contributed by atoms with E-state index in [1.165, 1.54) is 15.9 Å². The first-order valence-electron chi connectivity index (χ1n) is 6.48. The molecule has 1 aliphatic carbocycles. The fourth-order valence-corrected chi connectivity index (χ4v) is 3.11. The van der Waals surface area contributed by atoms with E-state index in [4.69, 9.17) is 4.52 Å². The van der Waals surface area contributed by atoms with Crippen molar-refractivity contribution < 1.29 is 4.52 Å². The lowest BCUT2D eigenvalue weighted by atomic mass is 10.3. The topological polar surface area (TPSA) is 73.8 Å². The summed E-state index contributed by atoms with van der Waals surface area (Å²) < 4.78 is 7.39. The Morgan fingerprint density at radius 2 is 2.35 bits per heavy atom. The molecule has 1 aliphatic rings. The Labute approximate surface area is 118 Å². The number of aromatic nitrogens is 4. The number of rotatable bonds is 3. The van der Waals surface area contributed by atoms with E-state index in [1.54, 1.807) is 6.33 Å². The summed E-state index contributed by atoms with van der Waals surface area (Å²) in [7, 11) is 0. The number of hydrogen-bond donors (Lipinski definition) is 0. The van der Waals surface area contributed by atoms with Crippen LogP contribution in [0.1, 0.15) is 36.0 Å². The monoisotopic (exact) mass is 288 g/mol. The summed E-state index contributed by atoms with van der Waals surface area (Å²) in [6, 6.07) is 0. The largest absolute Gasteiger partial charge is 0.337 e. The lowest BCUT2D eigenvalue weighted by molar-refractivity contribution is 0.364. The third-order valence-electron chi connectivity index (χ3n) is 3.46. The quantitative estimate of drug-likeness (QED) is 0.737. The van der Waals surface area contributed by atoms with Gasteiger partial charge >= 0.3 is 0 Å². The first-order valence-corrected chi connectivity index (χ1v) is 7.36. The van der Waals surface area contributed by atoms with Gasteiger partial charge in [-0.1, -0.05) is 5.16 Å². The number of nitrogens with zero attached hydrogens (tertiary/aromatic N) is 4. The average Bonchev–Trinajstić information content (AvgIpc) is 3.08. The van der Waals surface area contributed by atoms with Crippen LogP contribution in [0, 0.1) is 6.92 Å². The van der Waals surface area contributed by atoms with E-state index < -0.39 is 0 Å². The van der Waals surface area contributed by atoms with Crippen LogP contribution >= 0.6 is 11.3 Å². The molecular weight excluding hydrogens is 276 g/mol. The highest BCUT2D eigenvalue weighted by Crippen LogP contribution is 2.38. The Bertz CT molecular complexity index is 844. The lowest BCUT2D eigenvalue weighted by Crippen LogP contribution is -2.20. The predicted molar refractivity (Wildman–Crippen MR) is 74.0 cm³/mol. The van der Waals surface area contributed by atoms with E-state index in [-0.39, 0.29) is 12.1 Å². The molecule has 0 unspecified atom stereocenters.